The number of hydrogen-bond donors (Lipinski definition) is 2. The Labute approximate surface area is 145 Å². The van der Waals surface area contributed by atoms with Crippen molar-refractivity contribution < 1.29 is 13.5 Å². The van der Waals surface area contributed by atoms with E-state index < -0.39 is 15.4 Å². The van der Waals surface area contributed by atoms with Gasteiger partial charge in [0.15, 0.2) is 0 Å². The largest absolute Gasteiger partial charge is 0.396 e. The van der Waals surface area contributed by atoms with Crippen LogP contribution in [-0.4, -0.2) is 59.7 Å². The van der Waals surface area contributed by atoms with Crippen LogP contribution in [0.5, 0.6) is 0 Å². The molecule has 2 aromatic rings. The van der Waals surface area contributed by atoms with Gasteiger partial charge >= 0.3 is 5.69 Å². The van der Waals surface area contributed by atoms with Gasteiger partial charge in [-0.25, -0.2) is 13.2 Å². The molecule has 0 bridgehead atoms. The van der Waals surface area contributed by atoms with Gasteiger partial charge in [-0.1, -0.05) is 0 Å². The smallest absolute Gasteiger partial charge is 0.328 e. The summed E-state index contributed by atoms with van der Waals surface area (Å²) in [6.07, 6.45) is 0. The highest BCUT2D eigenvalue weighted by Gasteiger charge is 2.52. The number of benzene rings is 1. The second-order valence-electron chi connectivity index (χ2n) is 7.20. The molecular formula is C16H22N4O4S. The molecule has 8 nitrogen and oxygen atoms in total. The second-order valence-corrected chi connectivity index (χ2v) is 9.13. The summed E-state index contributed by atoms with van der Waals surface area (Å²) in [5.41, 5.74) is 0.703. The van der Waals surface area contributed by atoms with Gasteiger partial charge in [-0.3, -0.25) is 9.13 Å². The predicted molar refractivity (Wildman–Crippen MR) is 92.8 cm³/mol. The topological polar surface area (TPSA) is 96.6 Å². The van der Waals surface area contributed by atoms with Gasteiger partial charge in [0.2, 0.25) is 10.0 Å². The van der Waals surface area contributed by atoms with E-state index in [9.17, 15) is 18.3 Å². The summed E-state index contributed by atoms with van der Waals surface area (Å²) in [5.74, 6) is 0.122. The first-order chi connectivity index (χ1) is 11.8. The van der Waals surface area contributed by atoms with Crippen molar-refractivity contribution in [1.29, 1.82) is 0 Å². The zero-order valence-electron chi connectivity index (χ0n) is 14.3. The van der Waals surface area contributed by atoms with Crippen molar-refractivity contribution >= 4 is 21.1 Å². The maximum Gasteiger partial charge on any atom is 0.328 e. The quantitative estimate of drug-likeness (QED) is 0.732. The standard InChI is InChI=1S/C16H22N4O4S/c1-18-13-4-3-12(5-14(13)19(2)15(18)22)25(23,24)20-7-11-6-17-8-16(11,9-20)10-21/h3-5,11,17,21H,6-10H2,1-2H3. The van der Waals surface area contributed by atoms with E-state index in [4.69, 9.17) is 0 Å². The number of nitrogens with zero attached hydrogens (tertiary/aromatic N) is 3. The fourth-order valence-electron chi connectivity index (χ4n) is 4.18. The van der Waals surface area contributed by atoms with Crippen LogP contribution < -0.4 is 11.0 Å². The Hall–Kier alpha value is -1.68. The van der Waals surface area contributed by atoms with Gasteiger partial charge in [0.1, 0.15) is 0 Å². The van der Waals surface area contributed by atoms with Gasteiger partial charge in [0.05, 0.1) is 22.5 Å². The summed E-state index contributed by atoms with van der Waals surface area (Å²) in [7, 11) is -0.373. The predicted octanol–water partition coefficient (Wildman–Crippen LogP) is -0.921. The van der Waals surface area contributed by atoms with Crippen molar-refractivity contribution in [2.75, 3.05) is 32.8 Å². The minimum Gasteiger partial charge on any atom is -0.396 e. The minimum absolute atomic E-state index is 0.0249. The van der Waals surface area contributed by atoms with Crippen molar-refractivity contribution in [1.82, 2.24) is 18.8 Å². The number of aromatic nitrogens is 2. The minimum atomic E-state index is -3.67. The van der Waals surface area contributed by atoms with Gasteiger partial charge in [-0.15, -0.1) is 0 Å². The molecule has 2 atom stereocenters. The van der Waals surface area contributed by atoms with Crippen LogP contribution in [0.4, 0.5) is 0 Å². The van der Waals surface area contributed by atoms with Crippen LogP contribution in [0.15, 0.2) is 27.9 Å². The molecule has 136 valence electrons. The zero-order chi connectivity index (χ0) is 18.0. The molecule has 2 saturated heterocycles. The maximum atomic E-state index is 13.1. The molecule has 2 aliphatic heterocycles. The Morgan fingerprint density at radius 2 is 2.00 bits per heavy atom. The Kier molecular flexibility index (Phi) is 3.63. The van der Waals surface area contributed by atoms with Crippen molar-refractivity contribution in [3.63, 3.8) is 0 Å². The average Bonchev–Trinajstić information content (AvgIpc) is 3.22. The van der Waals surface area contributed by atoms with Crippen LogP contribution in [0.25, 0.3) is 11.0 Å². The summed E-state index contributed by atoms with van der Waals surface area (Å²) < 4.78 is 30.6. The molecule has 9 heteroatoms. The van der Waals surface area contributed by atoms with Gasteiger partial charge in [0, 0.05) is 39.1 Å². The molecule has 2 fully saturated rings. The van der Waals surface area contributed by atoms with Crippen molar-refractivity contribution in [2.24, 2.45) is 25.4 Å². The number of nitrogens with one attached hydrogen (secondary N) is 1. The highest BCUT2D eigenvalue weighted by molar-refractivity contribution is 7.89. The summed E-state index contributed by atoms with van der Waals surface area (Å²) >= 11 is 0. The lowest BCUT2D eigenvalue weighted by Gasteiger charge is -2.25. The van der Waals surface area contributed by atoms with E-state index in [1.165, 1.54) is 13.4 Å². The number of fused-ring (bicyclic) bond motifs is 2. The lowest BCUT2D eigenvalue weighted by Crippen LogP contribution is -2.37. The molecule has 25 heavy (non-hydrogen) atoms. The molecule has 3 heterocycles. The van der Waals surface area contributed by atoms with Crippen molar-refractivity contribution in [3.05, 3.63) is 28.7 Å². The summed E-state index contributed by atoms with van der Waals surface area (Å²) in [6, 6.07) is 4.78. The van der Waals surface area contributed by atoms with Crippen molar-refractivity contribution in [3.8, 4) is 0 Å². The molecule has 2 unspecified atom stereocenters. The van der Waals surface area contributed by atoms with Crippen LogP contribution in [0.1, 0.15) is 0 Å². The zero-order valence-corrected chi connectivity index (χ0v) is 15.1. The first-order valence-corrected chi connectivity index (χ1v) is 9.71. The van der Waals surface area contributed by atoms with E-state index in [0.29, 0.717) is 30.7 Å². The molecular weight excluding hydrogens is 344 g/mol. The monoisotopic (exact) mass is 366 g/mol. The molecule has 2 N–H and O–H groups in total. The fraction of sp³-hybridized carbons (Fsp3) is 0.562. The third-order valence-corrected chi connectivity index (χ3v) is 7.65. The van der Waals surface area contributed by atoms with E-state index in [2.05, 4.69) is 5.32 Å². The number of sulfonamides is 1. The number of hydrogen-bond acceptors (Lipinski definition) is 5. The Bertz CT molecular complexity index is 1010. The molecule has 0 amide bonds. The maximum absolute atomic E-state index is 13.1. The average molecular weight is 366 g/mol. The van der Waals surface area contributed by atoms with E-state index in [1.54, 1.807) is 32.3 Å². The van der Waals surface area contributed by atoms with Gasteiger partial charge in [0.25, 0.3) is 0 Å². The van der Waals surface area contributed by atoms with E-state index >= 15 is 0 Å². The SMILES string of the molecule is Cn1c(=O)n(C)c2cc(S(=O)(=O)N3CC4CNCC4(CO)C3)ccc21. The molecule has 0 spiro atoms. The van der Waals surface area contributed by atoms with Crippen LogP contribution in [0, 0.1) is 11.3 Å². The highest BCUT2D eigenvalue weighted by Crippen LogP contribution is 2.40. The van der Waals surface area contributed by atoms with Crippen LogP contribution >= 0.6 is 0 Å². The molecule has 0 saturated carbocycles. The second kappa shape index (κ2) is 5.41. The summed E-state index contributed by atoms with van der Waals surface area (Å²) in [5, 5.41) is 13.0. The van der Waals surface area contributed by atoms with Crippen LogP contribution in [0.3, 0.4) is 0 Å². The van der Waals surface area contributed by atoms with E-state index in [0.717, 1.165) is 6.54 Å². The number of aliphatic hydroxyl groups is 1. The molecule has 0 aliphatic carbocycles. The molecule has 1 aromatic heterocycles. The normalized spacial score (nSPS) is 27.2. The molecule has 4 rings (SSSR count). The van der Waals surface area contributed by atoms with E-state index in [1.807, 2.05) is 0 Å². The third-order valence-electron chi connectivity index (χ3n) is 5.85. The third kappa shape index (κ3) is 2.23. The van der Waals surface area contributed by atoms with E-state index in [-0.39, 0.29) is 23.1 Å². The fourth-order valence-corrected chi connectivity index (χ4v) is 5.78. The molecule has 1 aromatic carbocycles. The van der Waals surface area contributed by atoms with Gasteiger partial charge in [-0.05, 0) is 30.7 Å². The Morgan fingerprint density at radius 1 is 1.28 bits per heavy atom. The summed E-state index contributed by atoms with van der Waals surface area (Å²) in [4.78, 5) is 12.2. The number of aliphatic hydroxyl groups excluding tert-OH is 1. The molecule has 2 aliphatic rings. The molecule has 0 radical (unpaired) electrons. The van der Waals surface area contributed by atoms with Crippen LogP contribution in [-0.2, 0) is 24.1 Å². The Morgan fingerprint density at radius 3 is 2.68 bits per heavy atom. The van der Waals surface area contributed by atoms with Gasteiger partial charge < -0.3 is 10.4 Å². The Balaban J connectivity index is 1.75. The van der Waals surface area contributed by atoms with Gasteiger partial charge in [-0.2, -0.15) is 4.31 Å². The van der Waals surface area contributed by atoms with Crippen molar-refractivity contribution in [2.45, 2.75) is 4.90 Å². The lowest BCUT2D eigenvalue weighted by molar-refractivity contribution is 0.130. The van der Waals surface area contributed by atoms with Crippen LogP contribution in [0.2, 0.25) is 0 Å². The first-order valence-electron chi connectivity index (χ1n) is 8.27. The number of aryl methyl sites for hydroxylation is 2. The number of imidazole rings is 1. The lowest BCUT2D eigenvalue weighted by atomic mass is 9.82. The highest BCUT2D eigenvalue weighted by atomic mass is 32.2. The first kappa shape index (κ1) is 16.8. The number of rotatable bonds is 3. The summed E-state index contributed by atoms with van der Waals surface area (Å²) in [6.45, 7) is 2.05.